The van der Waals surface area contributed by atoms with E-state index in [0.717, 1.165) is 15.9 Å². The molecule has 1 aliphatic heterocycles. The Kier molecular flexibility index (Phi) is 3.98. The molecule has 0 saturated heterocycles. The lowest BCUT2D eigenvalue weighted by molar-refractivity contribution is -0.146. The van der Waals surface area contributed by atoms with Gasteiger partial charge in [0.15, 0.2) is 0 Å². The number of nitrogens with one attached hydrogen (secondary N) is 1. The molecule has 0 aliphatic carbocycles. The fourth-order valence-corrected chi connectivity index (χ4v) is 2.82. The molecule has 0 bridgehead atoms. The molecule has 0 spiro atoms. The summed E-state index contributed by atoms with van der Waals surface area (Å²) < 4.78 is 5.73. The fraction of sp³-hybridized carbons (Fsp3) is 0.267. The van der Waals surface area contributed by atoms with E-state index in [1.165, 1.54) is 12.0 Å². The van der Waals surface area contributed by atoms with Crippen LogP contribution >= 0.6 is 15.9 Å². The number of hydrogen-bond acceptors (Lipinski definition) is 4. The molecule has 1 aromatic heterocycles. The number of carbonyl (C=O) groups is 2. The summed E-state index contributed by atoms with van der Waals surface area (Å²) in [6.07, 6.45) is 1.93. The van der Waals surface area contributed by atoms with E-state index in [9.17, 15) is 9.59 Å². The maximum absolute atomic E-state index is 12.7. The number of aromatic amines is 1. The molecular weight excluding hydrogens is 350 g/mol. The molecule has 2 aromatic rings. The molecule has 22 heavy (non-hydrogen) atoms. The normalized spacial score (nSPS) is 17.0. The largest absolute Gasteiger partial charge is 0.467 e. The number of fused-ring (bicyclic) bond motifs is 1. The lowest BCUT2D eigenvalue weighted by Crippen LogP contribution is -2.49. The third-order valence-electron chi connectivity index (χ3n) is 3.72. The van der Waals surface area contributed by atoms with Crippen LogP contribution in [0.5, 0.6) is 0 Å². The summed E-state index contributed by atoms with van der Waals surface area (Å²) in [5.74, 6) is -0.637. The number of halogens is 1. The molecule has 1 aromatic carbocycles. The van der Waals surface area contributed by atoms with Gasteiger partial charge in [0.25, 0.3) is 5.91 Å². The first-order valence-electron chi connectivity index (χ1n) is 6.75. The third kappa shape index (κ3) is 2.64. The highest BCUT2D eigenvalue weighted by atomic mass is 79.9. The summed E-state index contributed by atoms with van der Waals surface area (Å²) >= 11 is 3.34. The van der Waals surface area contributed by atoms with Gasteiger partial charge in [-0.3, -0.25) is 4.79 Å². The Morgan fingerprint density at radius 1 is 1.36 bits per heavy atom. The molecule has 1 N–H and O–H groups in total. The monoisotopic (exact) mass is 363 g/mol. The first-order valence-corrected chi connectivity index (χ1v) is 7.55. The second-order valence-electron chi connectivity index (χ2n) is 5.01. The van der Waals surface area contributed by atoms with Crippen molar-refractivity contribution in [3.05, 3.63) is 52.0 Å². The Hall–Kier alpha value is -2.15. The number of benzene rings is 1. The minimum Gasteiger partial charge on any atom is -0.467 e. The summed E-state index contributed by atoms with van der Waals surface area (Å²) in [7, 11) is 1.32. The van der Waals surface area contributed by atoms with Crippen LogP contribution in [0.25, 0.3) is 0 Å². The van der Waals surface area contributed by atoms with E-state index >= 15 is 0 Å². The highest BCUT2D eigenvalue weighted by Gasteiger charge is 2.37. The van der Waals surface area contributed by atoms with Crippen LogP contribution in [0.15, 0.2) is 35.1 Å². The Bertz CT molecular complexity index is 711. The predicted molar refractivity (Wildman–Crippen MR) is 82.1 cm³/mol. The number of methoxy groups -OCH3 is 1. The van der Waals surface area contributed by atoms with Gasteiger partial charge >= 0.3 is 5.97 Å². The van der Waals surface area contributed by atoms with Gasteiger partial charge in [0.05, 0.1) is 31.4 Å². The molecule has 1 unspecified atom stereocenters. The van der Waals surface area contributed by atoms with E-state index in [4.69, 9.17) is 4.74 Å². The van der Waals surface area contributed by atoms with Crippen molar-refractivity contribution in [2.24, 2.45) is 0 Å². The van der Waals surface area contributed by atoms with Gasteiger partial charge in [-0.1, -0.05) is 15.9 Å². The maximum Gasteiger partial charge on any atom is 0.329 e. The molecule has 7 heteroatoms. The lowest BCUT2D eigenvalue weighted by atomic mass is 10.0. The van der Waals surface area contributed by atoms with Gasteiger partial charge in [-0.15, -0.1) is 0 Å². The number of rotatable bonds is 2. The predicted octanol–water partition coefficient (Wildman–Crippen LogP) is 1.91. The zero-order chi connectivity index (χ0) is 15.7. The van der Waals surface area contributed by atoms with Crippen LogP contribution in [0.1, 0.15) is 21.7 Å². The molecule has 1 atom stereocenters. The summed E-state index contributed by atoms with van der Waals surface area (Å²) in [4.78, 5) is 33.5. The van der Waals surface area contributed by atoms with E-state index in [-0.39, 0.29) is 5.91 Å². The highest BCUT2D eigenvalue weighted by molar-refractivity contribution is 9.10. The van der Waals surface area contributed by atoms with E-state index in [0.29, 0.717) is 18.5 Å². The number of esters is 1. The summed E-state index contributed by atoms with van der Waals surface area (Å²) in [5.41, 5.74) is 2.18. The van der Waals surface area contributed by atoms with E-state index < -0.39 is 12.0 Å². The highest BCUT2D eigenvalue weighted by Crippen LogP contribution is 2.24. The topological polar surface area (TPSA) is 75.3 Å². The average molecular weight is 364 g/mol. The molecule has 1 aliphatic rings. The van der Waals surface area contributed by atoms with Gasteiger partial charge in [0.1, 0.15) is 6.04 Å². The van der Waals surface area contributed by atoms with Crippen molar-refractivity contribution in [1.29, 1.82) is 0 Å². The molecule has 114 valence electrons. The number of carbonyl (C=O) groups excluding carboxylic acids is 2. The van der Waals surface area contributed by atoms with Crippen LogP contribution in [-0.4, -0.2) is 39.9 Å². The molecule has 0 fully saturated rings. The van der Waals surface area contributed by atoms with Crippen LogP contribution in [0.2, 0.25) is 0 Å². The smallest absolute Gasteiger partial charge is 0.329 e. The van der Waals surface area contributed by atoms with Gasteiger partial charge in [0.2, 0.25) is 0 Å². The number of hydrogen-bond donors (Lipinski definition) is 1. The summed E-state index contributed by atoms with van der Waals surface area (Å²) in [6, 6.07) is 6.39. The van der Waals surface area contributed by atoms with Crippen LogP contribution in [0, 0.1) is 0 Å². The standard InChI is InChI=1S/C15H14BrN3O3/c1-22-15(21)13-6-11-12(18-8-17-11)7-19(13)14(20)9-2-4-10(16)5-3-9/h2-5,8,13H,6-7H2,1H3,(H,17,18). The second kappa shape index (κ2) is 5.92. The lowest BCUT2D eigenvalue weighted by Gasteiger charge is -2.33. The molecular formula is C15H14BrN3O3. The Morgan fingerprint density at radius 2 is 2.09 bits per heavy atom. The van der Waals surface area contributed by atoms with Crippen molar-refractivity contribution in [2.75, 3.05) is 7.11 Å². The first-order chi connectivity index (χ1) is 10.6. The molecule has 6 nitrogen and oxygen atoms in total. The van der Waals surface area contributed by atoms with Crippen molar-refractivity contribution in [3.63, 3.8) is 0 Å². The van der Waals surface area contributed by atoms with Crippen molar-refractivity contribution in [3.8, 4) is 0 Å². The Labute approximate surface area is 135 Å². The van der Waals surface area contributed by atoms with Crippen molar-refractivity contribution >= 4 is 27.8 Å². The number of H-pyrrole nitrogens is 1. The molecule has 2 heterocycles. The minimum atomic E-state index is -0.656. The van der Waals surface area contributed by atoms with E-state index in [1.54, 1.807) is 30.6 Å². The molecule has 0 saturated carbocycles. The van der Waals surface area contributed by atoms with Crippen molar-refractivity contribution in [1.82, 2.24) is 14.9 Å². The molecule has 3 rings (SSSR count). The zero-order valence-corrected chi connectivity index (χ0v) is 13.5. The Morgan fingerprint density at radius 3 is 2.77 bits per heavy atom. The van der Waals surface area contributed by atoms with Crippen LogP contribution in [0.4, 0.5) is 0 Å². The maximum atomic E-state index is 12.7. The number of aromatic nitrogens is 2. The minimum absolute atomic E-state index is 0.205. The number of nitrogens with zero attached hydrogens (tertiary/aromatic N) is 2. The van der Waals surface area contributed by atoms with Crippen molar-refractivity contribution in [2.45, 2.75) is 19.0 Å². The third-order valence-corrected chi connectivity index (χ3v) is 4.25. The SMILES string of the molecule is COC(=O)C1Cc2nc[nH]c2CN1C(=O)c1ccc(Br)cc1. The number of amides is 1. The quantitative estimate of drug-likeness (QED) is 0.827. The van der Waals surface area contributed by atoms with E-state index in [2.05, 4.69) is 25.9 Å². The van der Waals surface area contributed by atoms with E-state index in [1.807, 2.05) is 0 Å². The first kappa shape index (κ1) is 14.8. The van der Waals surface area contributed by atoms with Gasteiger partial charge < -0.3 is 14.6 Å². The van der Waals surface area contributed by atoms with Gasteiger partial charge in [-0.25, -0.2) is 9.78 Å². The molecule has 1 amide bonds. The summed E-state index contributed by atoms with van der Waals surface area (Å²) in [5, 5.41) is 0. The number of ether oxygens (including phenoxy) is 1. The Balaban J connectivity index is 1.93. The van der Waals surface area contributed by atoms with Gasteiger partial charge in [-0.2, -0.15) is 0 Å². The van der Waals surface area contributed by atoms with Crippen molar-refractivity contribution < 1.29 is 14.3 Å². The summed E-state index contributed by atoms with van der Waals surface area (Å²) in [6.45, 7) is 0.310. The van der Waals surface area contributed by atoms with Crippen LogP contribution in [0.3, 0.4) is 0 Å². The second-order valence-corrected chi connectivity index (χ2v) is 5.93. The molecule has 0 radical (unpaired) electrons. The zero-order valence-electron chi connectivity index (χ0n) is 11.9. The number of imidazole rings is 1. The van der Waals surface area contributed by atoms with Gasteiger partial charge in [0, 0.05) is 16.5 Å². The fourth-order valence-electron chi connectivity index (χ4n) is 2.55. The average Bonchev–Trinajstić information content (AvgIpc) is 3.00. The van der Waals surface area contributed by atoms with Crippen LogP contribution < -0.4 is 0 Å². The van der Waals surface area contributed by atoms with Gasteiger partial charge in [-0.05, 0) is 24.3 Å². The van der Waals surface area contributed by atoms with Crippen LogP contribution in [-0.2, 0) is 22.5 Å².